The molecule has 0 heterocycles. The molecule has 1 rings (SSSR count). The first-order chi connectivity index (χ1) is 6.45. The topological polar surface area (TPSA) is 106 Å². The van der Waals surface area contributed by atoms with Gasteiger partial charge in [-0.15, -0.1) is 0 Å². The second-order valence-electron chi connectivity index (χ2n) is 2.42. The van der Waals surface area contributed by atoms with Gasteiger partial charge in [0.2, 0.25) is 0 Å². The first kappa shape index (κ1) is 10.5. The lowest BCUT2D eigenvalue weighted by Crippen LogP contribution is -2.06. The first-order valence-corrected chi connectivity index (χ1v) is 4.20. The molecule has 7 heteroatoms. The maximum absolute atomic E-state index is 10.7. The zero-order valence-electron chi connectivity index (χ0n) is 6.73. The maximum atomic E-state index is 10.7. The predicted octanol–water partition coefficient (Wildman–Crippen LogP) is 1.64. The van der Waals surface area contributed by atoms with Gasteiger partial charge in [-0.3, -0.25) is 10.1 Å². The molecule has 0 spiro atoms. The van der Waals surface area contributed by atoms with E-state index in [1.807, 2.05) is 0 Å². The third-order valence-electron chi connectivity index (χ3n) is 1.55. The van der Waals surface area contributed by atoms with Crippen LogP contribution in [-0.4, -0.2) is 16.0 Å². The molecule has 0 atom stereocenters. The van der Waals surface area contributed by atoms with Gasteiger partial charge in [0.1, 0.15) is 5.69 Å². The van der Waals surface area contributed by atoms with Crippen LogP contribution in [0.1, 0.15) is 10.4 Å². The van der Waals surface area contributed by atoms with Crippen LogP contribution in [0.5, 0.6) is 0 Å². The minimum absolute atomic E-state index is 0.130. The molecule has 0 aromatic heterocycles. The Morgan fingerprint density at radius 2 is 2.14 bits per heavy atom. The summed E-state index contributed by atoms with van der Waals surface area (Å²) in [6.45, 7) is 0. The van der Waals surface area contributed by atoms with E-state index in [9.17, 15) is 14.9 Å². The summed E-state index contributed by atoms with van der Waals surface area (Å²) < 4.78 is 0.130. The fraction of sp³-hybridized carbons (Fsp3) is 0. The van der Waals surface area contributed by atoms with Crippen LogP contribution in [0.15, 0.2) is 16.6 Å². The number of nitrogens with zero attached hydrogens (tertiary/aromatic N) is 1. The molecule has 0 bridgehead atoms. The Kier molecular flexibility index (Phi) is 2.70. The van der Waals surface area contributed by atoms with Crippen molar-refractivity contribution >= 4 is 33.3 Å². The average Bonchev–Trinajstić information content (AvgIpc) is 2.07. The van der Waals surface area contributed by atoms with Gasteiger partial charge in [0.25, 0.3) is 0 Å². The van der Waals surface area contributed by atoms with Crippen molar-refractivity contribution in [3.8, 4) is 0 Å². The highest BCUT2D eigenvalue weighted by Crippen LogP contribution is 2.32. The smallest absolute Gasteiger partial charge is 0.343 e. The van der Waals surface area contributed by atoms with E-state index in [0.717, 1.165) is 0 Å². The third-order valence-corrected chi connectivity index (χ3v) is 2.22. The van der Waals surface area contributed by atoms with Crippen molar-refractivity contribution in [3.05, 3.63) is 32.3 Å². The second kappa shape index (κ2) is 3.62. The maximum Gasteiger partial charge on any atom is 0.343 e. The number of benzene rings is 1. The molecule has 0 radical (unpaired) electrons. The van der Waals surface area contributed by atoms with Crippen molar-refractivity contribution in [1.29, 1.82) is 0 Å². The van der Waals surface area contributed by atoms with Crippen LogP contribution in [0, 0.1) is 10.1 Å². The van der Waals surface area contributed by atoms with Gasteiger partial charge < -0.3 is 10.8 Å². The Labute approximate surface area is 86.6 Å². The van der Waals surface area contributed by atoms with Crippen molar-refractivity contribution in [3.63, 3.8) is 0 Å². The van der Waals surface area contributed by atoms with Gasteiger partial charge in [0.15, 0.2) is 5.56 Å². The summed E-state index contributed by atoms with van der Waals surface area (Å²) >= 11 is 2.91. The largest absolute Gasteiger partial charge is 0.477 e. The molecule has 6 nitrogen and oxygen atoms in total. The van der Waals surface area contributed by atoms with E-state index in [0.29, 0.717) is 0 Å². The normalized spacial score (nSPS) is 9.79. The van der Waals surface area contributed by atoms with E-state index in [1.54, 1.807) is 0 Å². The van der Waals surface area contributed by atoms with E-state index in [1.165, 1.54) is 12.1 Å². The Morgan fingerprint density at radius 1 is 1.57 bits per heavy atom. The summed E-state index contributed by atoms with van der Waals surface area (Å²) in [4.78, 5) is 20.4. The van der Waals surface area contributed by atoms with Gasteiger partial charge in [0, 0.05) is 4.47 Å². The lowest BCUT2D eigenvalue weighted by molar-refractivity contribution is -0.384. The first-order valence-electron chi connectivity index (χ1n) is 3.40. The number of nitrogens with two attached hydrogens (primary N) is 1. The molecular formula is C7H5BrN2O4. The minimum atomic E-state index is -1.39. The van der Waals surface area contributed by atoms with Gasteiger partial charge in [-0.25, -0.2) is 4.79 Å². The summed E-state index contributed by atoms with van der Waals surface area (Å²) in [6, 6.07) is 2.63. The molecule has 0 unspecified atom stereocenters. The number of nitro benzene ring substituents is 1. The van der Waals surface area contributed by atoms with Crippen LogP contribution in [0.25, 0.3) is 0 Å². The number of anilines is 1. The van der Waals surface area contributed by atoms with Gasteiger partial charge in [-0.1, -0.05) is 0 Å². The zero-order chi connectivity index (χ0) is 10.9. The molecule has 0 aliphatic rings. The molecule has 0 saturated heterocycles. The molecular weight excluding hydrogens is 256 g/mol. The van der Waals surface area contributed by atoms with E-state index in [2.05, 4.69) is 15.9 Å². The quantitative estimate of drug-likeness (QED) is 0.478. The molecule has 0 amide bonds. The molecule has 3 N–H and O–H groups in total. The lowest BCUT2D eigenvalue weighted by atomic mass is 10.1. The predicted molar refractivity (Wildman–Crippen MR) is 52.2 cm³/mol. The molecule has 74 valence electrons. The third kappa shape index (κ3) is 1.67. The number of aromatic carboxylic acids is 1. The highest BCUT2D eigenvalue weighted by Gasteiger charge is 2.25. The van der Waals surface area contributed by atoms with Crippen LogP contribution in [0.2, 0.25) is 0 Å². The molecule has 1 aromatic rings. The average molecular weight is 261 g/mol. The van der Waals surface area contributed by atoms with Crippen molar-refractivity contribution in [2.45, 2.75) is 0 Å². The molecule has 1 aromatic carbocycles. The lowest BCUT2D eigenvalue weighted by Gasteiger charge is -2.02. The van der Waals surface area contributed by atoms with Crippen molar-refractivity contribution in [2.24, 2.45) is 0 Å². The number of nitrogen functional groups attached to an aromatic ring is 1. The number of rotatable bonds is 2. The summed E-state index contributed by atoms with van der Waals surface area (Å²) in [5.41, 5.74) is 4.11. The van der Waals surface area contributed by atoms with E-state index < -0.39 is 22.1 Å². The van der Waals surface area contributed by atoms with Crippen molar-refractivity contribution < 1.29 is 14.8 Å². The monoisotopic (exact) mass is 260 g/mol. The van der Waals surface area contributed by atoms with Crippen LogP contribution in [0.3, 0.4) is 0 Å². The number of carboxylic acids is 1. The summed E-state index contributed by atoms with van der Waals surface area (Å²) in [5.74, 6) is -1.39. The Bertz CT molecular complexity index is 379. The van der Waals surface area contributed by atoms with Crippen LogP contribution < -0.4 is 5.73 Å². The van der Waals surface area contributed by atoms with E-state index in [4.69, 9.17) is 10.8 Å². The standard InChI is InChI=1S/C7H5BrN2O4/c8-3-1-2-4(9)6(10(13)14)5(3)7(11)12/h1-2H,9H2,(H,11,12). The molecule has 0 aliphatic heterocycles. The van der Waals surface area contributed by atoms with Gasteiger partial charge >= 0.3 is 11.7 Å². The Hall–Kier alpha value is -1.63. The Morgan fingerprint density at radius 3 is 2.50 bits per heavy atom. The number of carbonyl (C=O) groups is 1. The molecule has 14 heavy (non-hydrogen) atoms. The van der Waals surface area contributed by atoms with Crippen molar-refractivity contribution in [2.75, 3.05) is 5.73 Å². The minimum Gasteiger partial charge on any atom is -0.477 e. The highest BCUT2D eigenvalue weighted by atomic mass is 79.9. The highest BCUT2D eigenvalue weighted by molar-refractivity contribution is 9.10. The van der Waals surface area contributed by atoms with Gasteiger partial charge in [-0.2, -0.15) is 0 Å². The molecule has 0 aliphatic carbocycles. The molecule has 0 fully saturated rings. The van der Waals surface area contributed by atoms with E-state index in [-0.39, 0.29) is 10.2 Å². The summed E-state index contributed by atoms with van der Waals surface area (Å²) in [6.07, 6.45) is 0. The fourth-order valence-corrected chi connectivity index (χ4v) is 1.47. The van der Waals surface area contributed by atoms with Crippen LogP contribution >= 0.6 is 15.9 Å². The number of hydrogen-bond donors (Lipinski definition) is 2. The number of carboxylic acid groups (broad SMARTS) is 1. The zero-order valence-corrected chi connectivity index (χ0v) is 8.32. The van der Waals surface area contributed by atoms with Crippen molar-refractivity contribution in [1.82, 2.24) is 0 Å². The van der Waals surface area contributed by atoms with Gasteiger partial charge in [-0.05, 0) is 28.1 Å². The Balaban J connectivity index is 3.58. The van der Waals surface area contributed by atoms with Crippen LogP contribution in [0.4, 0.5) is 11.4 Å². The van der Waals surface area contributed by atoms with Crippen LogP contribution in [-0.2, 0) is 0 Å². The number of halogens is 1. The number of nitro groups is 1. The summed E-state index contributed by atoms with van der Waals surface area (Å²) in [5, 5.41) is 19.3. The van der Waals surface area contributed by atoms with Gasteiger partial charge in [0.05, 0.1) is 4.92 Å². The molecule has 0 saturated carbocycles. The SMILES string of the molecule is Nc1ccc(Br)c(C(=O)O)c1[N+](=O)[O-]. The second-order valence-corrected chi connectivity index (χ2v) is 3.28. The summed E-state index contributed by atoms with van der Waals surface area (Å²) in [7, 11) is 0. The van der Waals surface area contributed by atoms with E-state index >= 15 is 0 Å². The fourth-order valence-electron chi connectivity index (χ4n) is 0.983. The number of hydrogen-bond acceptors (Lipinski definition) is 4.